The summed E-state index contributed by atoms with van der Waals surface area (Å²) in [6.07, 6.45) is 4.43. The lowest BCUT2D eigenvalue weighted by molar-refractivity contribution is 0.415. The summed E-state index contributed by atoms with van der Waals surface area (Å²) in [5.74, 6) is 0.852. The van der Waals surface area contributed by atoms with Gasteiger partial charge in [-0.25, -0.2) is 4.68 Å². The van der Waals surface area contributed by atoms with E-state index in [1.165, 1.54) is 5.56 Å². The maximum atomic E-state index is 5.36. The van der Waals surface area contributed by atoms with E-state index in [2.05, 4.69) is 58.9 Å². The van der Waals surface area contributed by atoms with Crippen LogP contribution < -0.4 is 9.54 Å². The molecule has 2 heterocycles. The van der Waals surface area contributed by atoms with Gasteiger partial charge in [0.25, 0.3) is 0 Å². The average molecular weight is 465 g/mol. The van der Waals surface area contributed by atoms with Crippen LogP contribution in [-0.2, 0) is 6.42 Å². The Bertz CT molecular complexity index is 1490. The highest BCUT2D eigenvalue weighted by Gasteiger charge is 2.09. The second-order valence-electron chi connectivity index (χ2n) is 7.76. The number of hydrogen-bond acceptors (Lipinski definition) is 5. The molecule has 0 amide bonds. The number of rotatable bonds is 7. The fourth-order valence-corrected chi connectivity index (χ4v) is 4.59. The third-order valence-electron chi connectivity index (χ3n) is 5.51. The maximum absolute atomic E-state index is 5.36. The molecule has 0 atom stereocenters. The molecule has 6 heteroatoms. The van der Waals surface area contributed by atoms with Crippen LogP contribution in [0.1, 0.15) is 11.3 Å². The molecular weight excluding hydrogens is 440 g/mol. The minimum absolute atomic E-state index is 0.695. The van der Waals surface area contributed by atoms with Crippen LogP contribution in [0.4, 0.5) is 0 Å². The Kier molecular flexibility index (Phi) is 6.59. The molecule has 5 aromatic rings. The highest BCUT2D eigenvalue weighted by Crippen LogP contribution is 2.27. The fraction of sp³-hybridized carbons (Fsp3) is 0.107. The molecular formula is C28H24N4OS. The zero-order chi connectivity index (χ0) is 23.2. The molecule has 0 spiro atoms. The van der Waals surface area contributed by atoms with Gasteiger partial charge in [0.1, 0.15) is 5.75 Å². The summed E-state index contributed by atoms with van der Waals surface area (Å²) in [7, 11) is 1.69. The van der Waals surface area contributed by atoms with Crippen LogP contribution >= 0.6 is 11.3 Å². The summed E-state index contributed by atoms with van der Waals surface area (Å²) >= 11 is 1.59. The van der Waals surface area contributed by atoms with Gasteiger partial charge in [0.05, 0.1) is 24.7 Å². The normalized spacial score (nSPS) is 12.0. The van der Waals surface area contributed by atoms with Gasteiger partial charge in [-0.05, 0) is 53.1 Å². The molecule has 0 bridgehead atoms. The van der Waals surface area contributed by atoms with Gasteiger partial charge in [0.2, 0.25) is 4.80 Å². The Hall–Kier alpha value is -4.03. The average Bonchev–Trinajstić information content (AvgIpc) is 3.30. The summed E-state index contributed by atoms with van der Waals surface area (Å²) in [5, 5.41) is 9.16. The third kappa shape index (κ3) is 4.97. The van der Waals surface area contributed by atoms with E-state index in [0.29, 0.717) is 6.54 Å². The van der Waals surface area contributed by atoms with Gasteiger partial charge in [0, 0.05) is 23.7 Å². The predicted molar refractivity (Wildman–Crippen MR) is 140 cm³/mol. The highest BCUT2D eigenvalue weighted by atomic mass is 32.1. The second kappa shape index (κ2) is 10.3. The van der Waals surface area contributed by atoms with Crippen LogP contribution in [0.5, 0.6) is 5.75 Å². The first kappa shape index (κ1) is 21.8. The van der Waals surface area contributed by atoms with Crippen molar-refractivity contribution in [3.63, 3.8) is 0 Å². The van der Waals surface area contributed by atoms with Gasteiger partial charge in [-0.15, -0.1) is 11.3 Å². The Labute approximate surface area is 202 Å². The number of hydrogen-bond donors (Lipinski definition) is 0. The lowest BCUT2D eigenvalue weighted by Crippen LogP contribution is -2.13. The highest BCUT2D eigenvalue weighted by molar-refractivity contribution is 7.07. The number of methoxy groups -OCH3 is 1. The van der Waals surface area contributed by atoms with Crippen molar-refractivity contribution < 1.29 is 4.74 Å². The topological polar surface area (TPSA) is 51.8 Å². The number of ether oxygens (including phenoxy) is 1. The molecule has 2 aromatic heterocycles. The van der Waals surface area contributed by atoms with E-state index < -0.39 is 0 Å². The SMILES string of the molecule is COc1ccc2cc(-c3csc(=NCCc4ccccc4)n3N=Cc3ccccn3)ccc2c1. The molecule has 0 fully saturated rings. The number of thiazole rings is 1. The molecule has 0 saturated heterocycles. The fourth-order valence-electron chi connectivity index (χ4n) is 3.72. The molecule has 0 radical (unpaired) electrons. The van der Waals surface area contributed by atoms with Gasteiger partial charge in [-0.1, -0.05) is 54.6 Å². The molecule has 3 aromatic carbocycles. The standard InChI is InChI=1S/C28H24N4OS/c1-33-26-13-12-22-17-24(11-10-23(22)18-26)27-20-34-28(30-16-14-21-7-3-2-4-8-21)32(27)31-19-25-9-5-6-15-29-25/h2-13,15,17-20H,14,16H2,1H3. The largest absolute Gasteiger partial charge is 0.497 e. The monoisotopic (exact) mass is 464 g/mol. The quantitative estimate of drug-likeness (QED) is 0.286. The minimum atomic E-state index is 0.695. The van der Waals surface area contributed by atoms with E-state index in [-0.39, 0.29) is 0 Å². The smallest absolute Gasteiger partial charge is 0.206 e. The lowest BCUT2D eigenvalue weighted by Gasteiger charge is -2.07. The molecule has 0 aliphatic heterocycles. The second-order valence-corrected chi connectivity index (χ2v) is 8.60. The van der Waals surface area contributed by atoms with Crippen LogP contribution in [0.2, 0.25) is 0 Å². The van der Waals surface area contributed by atoms with Gasteiger partial charge in [-0.2, -0.15) is 5.10 Å². The number of aromatic nitrogens is 2. The van der Waals surface area contributed by atoms with Crippen LogP contribution in [0, 0.1) is 0 Å². The van der Waals surface area contributed by atoms with Gasteiger partial charge >= 0.3 is 0 Å². The Morgan fingerprint density at radius 2 is 1.76 bits per heavy atom. The van der Waals surface area contributed by atoms with Crippen molar-refractivity contribution in [2.75, 3.05) is 13.7 Å². The predicted octanol–water partition coefficient (Wildman–Crippen LogP) is 5.80. The zero-order valence-electron chi connectivity index (χ0n) is 18.8. The summed E-state index contributed by atoms with van der Waals surface area (Å²) in [6, 6.07) is 28.7. The molecule has 34 heavy (non-hydrogen) atoms. The summed E-state index contributed by atoms with van der Waals surface area (Å²) in [6.45, 7) is 0.695. The molecule has 0 saturated carbocycles. The van der Waals surface area contributed by atoms with Crippen molar-refractivity contribution in [3.05, 3.63) is 113 Å². The van der Waals surface area contributed by atoms with Crippen molar-refractivity contribution in [1.82, 2.24) is 9.66 Å². The van der Waals surface area contributed by atoms with E-state index >= 15 is 0 Å². The Morgan fingerprint density at radius 1 is 0.941 bits per heavy atom. The first-order valence-electron chi connectivity index (χ1n) is 11.1. The van der Waals surface area contributed by atoms with Crippen LogP contribution in [0.25, 0.3) is 22.0 Å². The van der Waals surface area contributed by atoms with Gasteiger partial charge < -0.3 is 4.74 Å². The summed E-state index contributed by atoms with van der Waals surface area (Å²) in [4.78, 5) is 10.1. The summed E-state index contributed by atoms with van der Waals surface area (Å²) < 4.78 is 7.27. The van der Waals surface area contributed by atoms with E-state index in [1.807, 2.05) is 41.1 Å². The van der Waals surface area contributed by atoms with Crippen LogP contribution in [-0.4, -0.2) is 29.5 Å². The van der Waals surface area contributed by atoms with E-state index in [9.17, 15) is 0 Å². The zero-order valence-corrected chi connectivity index (χ0v) is 19.7. The minimum Gasteiger partial charge on any atom is -0.497 e. The summed E-state index contributed by atoms with van der Waals surface area (Å²) in [5.41, 5.74) is 4.15. The van der Waals surface area contributed by atoms with Crippen molar-refractivity contribution in [1.29, 1.82) is 0 Å². The maximum Gasteiger partial charge on any atom is 0.206 e. The van der Waals surface area contributed by atoms with Crippen molar-refractivity contribution >= 4 is 28.3 Å². The van der Waals surface area contributed by atoms with Crippen molar-refractivity contribution in [2.45, 2.75) is 6.42 Å². The Morgan fingerprint density at radius 3 is 2.59 bits per heavy atom. The molecule has 5 nitrogen and oxygen atoms in total. The third-order valence-corrected chi connectivity index (χ3v) is 6.37. The van der Waals surface area contributed by atoms with Gasteiger partial charge in [-0.3, -0.25) is 9.98 Å². The van der Waals surface area contributed by atoms with E-state index in [4.69, 9.17) is 14.8 Å². The van der Waals surface area contributed by atoms with E-state index in [1.54, 1.807) is 30.9 Å². The molecule has 0 aliphatic rings. The van der Waals surface area contributed by atoms with E-state index in [0.717, 1.165) is 44.7 Å². The molecule has 168 valence electrons. The van der Waals surface area contributed by atoms with Crippen molar-refractivity contribution in [3.8, 4) is 17.0 Å². The molecule has 0 N–H and O–H groups in total. The number of pyridine rings is 1. The first-order valence-corrected chi connectivity index (χ1v) is 12.0. The Balaban J connectivity index is 1.53. The molecule has 5 rings (SSSR count). The number of fused-ring (bicyclic) bond motifs is 1. The van der Waals surface area contributed by atoms with Crippen LogP contribution in [0.15, 0.2) is 107 Å². The number of benzene rings is 3. The first-order chi connectivity index (χ1) is 16.8. The van der Waals surface area contributed by atoms with Crippen LogP contribution in [0.3, 0.4) is 0 Å². The lowest BCUT2D eigenvalue weighted by atomic mass is 10.1. The van der Waals surface area contributed by atoms with Gasteiger partial charge in [0.15, 0.2) is 0 Å². The number of nitrogens with zero attached hydrogens (tertiary/aromatic N) is 4. The molecule has 0 unspecified atom stereocenters. The van der Waals surface area contributed by atoms with Crippen molar-refractivity contribution in [2.24, 2.45) is 10.1 Å². The molecule has 0 aliphatic carbocycles.